The summed E-state index contributed by atoms with van der Waals surface area (Å²) in [5.41, 5.74) is 2.69. The number of imidazole rings is 1. The standard InChI is InChI=1S/C25H29FN4O3S/c1-17-4-9-22(16-18(17)2)34(32,33)30-13-10-20(11-14-30)25(31)28-23(24-27-12-15-29(24)3)19-5-7-21(26)8-6-19/h4-9,12,15-16,20,23H,10-11,13-14H2,1-3H3,(H,28,31)/t23-/m0/s1. The Kier molecular flexibility index (Phi) is 6.86. The predicted octanol–water partition coefficient (Wildman–Crippen LogP) is 3.48. The number of piperidine rings is 1. The van der Waals surface area contributed by atoms with Gasteiger partial charge in [-0.15, -0.1) is 0 Å². The summed E-state index contributed by atoms with van der Waals surface area (Å²) in [7, 11) is -1.77. The van der Waals surface area contributed by atoms with Crippen molar-refractivity contribution >= 4 is 15.9 Å². The van der Waals surface area contributed by atoms with Crippen LogP contribution in [0.2, 0.25) is 0 Å². The van der Waals surface area contributed by atoms with Gasteiger partial charge in [-0.05, 0) is 67.6 Å². The summed E-state index contributed by atoms with van der Waals surface area (Å²) in [6.45, 7) is 4.39. The molecule has 7 nitrogen and oxygen atoms in total. The molecule has 0 saturated carbocycles. The summed E-state index contributed by atoms with van der Waals surface area (Å²) >= 11 is 0. The topological polar surface area (TPSA) is 84.3 Å². The van der Waals surface area contributed by atoms with Crippen molar-refractivity contribution in [1.29, 1.82) is 0 Å². The van der Waals surface area contributed by atoms with Gasteiger partial charge in [-0.2, -0.15) is 4.31 Å². The average Bonchev–Trinajstić information content (AvgIpc) is 3.25. The number of carbonyl (C=O) groups is 1. The normalized spacial score (nSPS) is 16.4. The van der Waals surface area contributed by atoms with Gasteiger partial charge in [0.25, 0.3) is 0 Å². The van der Waals surface area contributed by atoms with Gasteiger partial charge >= 0.3 is 0 Å². The number of hydrogen-bond acceptors (Lipinski definition) is 4. The van der Waals surface area contributed by atoms with E-state index in [9.17, 15) is 17.6 Å². The maximum Gasteiger partial charge on any atom is 0.243 e. The largest absolute Gasteiger partial charge is 0.342 e. The third kappa shape index (κ3) is 4.90. The molecular formula is C25H29FN4O3S. The Hall–Kier alpha value is -3.04. The van der Waals surface area contributed by atoms with Crippen molar-refractivity contribution in [2.24, 2.45) is 13.0 Å². The summed E-state index contributed by atoms with van der Waals surface area (Å²) in [6, 6.07) is 10.6. The molecule has 0 unspecified atom stereocenters. The first-order chi connectivity index (χ1) is 16.2. The van der Waals surface area contributed by atoms with Crippen molar-refractivity contribution in [2.45, 2.75) is 37.6 Å². The van der Waals surface area contributed by atoms with Crippen LogP contribution in [0.1, 0.15) is 41.4 Å². The molecule has 1 fully saturated rings. The van der Waals surface area contributed by atoms with E-state index in [2.05, 4.69) is 10.3 Å². The van der Waals surface area contributed by atoms with E-state index in [1.165, 1.54) is 16.4 Å². The molecule has 2 aromatic carbocycles. The number of aromatic nitrogens is 2. The number of rotatable bonds is 6. The zero-order valence-electron chi connectivity index (χ0n) is 19.5. The molecule has 0 bridgehead atoms. The molecule has 9 heteroatoms. The molecule has 1 N–H and O–H groups in total. The summed E-state index contributed by atoms with van der Waals surface area (Å²) in [5.74, 6) is -0.212. The monoisotopic (exact) mass is 484 g/mol. The molecular weight excluding hydrogens is 455 g/mol. The van der Waals surface area contributed by atoms with E-state index in [1.54, 1.807) is 36.7 Å². The van der Waals surface area contributed by atoms with Gasteiger partial charge in [0.15, 0.2) is 0 Å². The molecule has 1 aromatic heterocycles. The van der Waals surface area contributed by atoms with Crippen molar-refractivity contribution in [2.75, 3.05) is 13.1 Å². The first kappa shape index (κ1) is 24.1. The Bertz CT molecular complexity index is 1280. The number of amides is 1. The van der Waals surface area contributed by atoms with Gasteiger partial charge in [0.2, 0.25) is 15.9 Å². The maximum atomic E-state index is 13.5. The second-order valence-corrected chi connectivity index (χ2v) is 10.8. The molecule has 1 saturated heterocycles. The smallest absolute Gasteiger partial charge is 0.243 e. The lowest BCUT2D eigenvalue weighted by molar-refractivity contribution is -0.126. The zero-order chi connectivity index (χ0) is 24.5. The van der Waals surface area contributed by atoms with Crippen LogP contribution in [0.5, 0.6) is 0 Å². The van der Waals surface area contributed by atoms with Gasteiger partial charge in [-0.3, -0.25) is 4.79 Å². The molecule has 0 aliphatic carbocycles. The van der Waals surface area contributed by atoms with Crippen molar-refractivity contribution in [3.05, 3.63) is 83.2 Å². The molecule has 1 atom stereocenters. The first-order valence-corrected chi connectivity index (χ1v) is 12.7. The van der Waals surface area contributed by atoms with E-state index < -0.39 is 16.1 Å². The van der Waals surface area contributed by atoms with E-state index in [0.717, 1.165) is 16.7 Å². The lowest BCUT2D eigenvalue weighted by Crippen LogP contribution is -2.44. The van der Waals surface area contributed by atoms with Crippen LogP contribution in [0.15, 0.2) is 59.8 Å². The number of hydrogen-bond donors (Lipinski definition) is 1. The Morgan fingerprint density at radius 1 is 1.09 bits per heavy atom. The summed E-state index contributed by atoms with van der Waals surface area (Å²) < 4.78 is 42.9. The second-order valence-electron chi connectivity index (χ2n) is 8.81. The van der Waals surface area contributed by atoms with Crippen LogP contribution in [0.25, 0.3) is 0 Å². The molecule has 1 aliphatic heterocycles. The molecule has 180 valence electrons. The fraction of sp³-hybridized carbons (Fsp3) is 0.360. The molecule has 2 heterocycles. The third-order valence-electron chi connectivity index (χ3n) is 6.55. The van der Waals surface area contributed by atoms with Gasteiger partial charge in [0.1, 0.15) is 17.7 Å². The minimum absolute atomic E-state index is 0.166. The molecule has 34 heavy (non-hydrogen) atoms. The lowest BCUT2D eigenvalue weighted by Gasteiger charge is -2.31. The van der Waals surface area contributed by atoms with Crippen LogP contribution >= 0.6 is 0 Å². The molecule has 4 rings (SSSR count). The maximum absolute atomic E-state index is 13.5. The summed E-state index contributed by atoms with van der Waals surface area (Å²) in [5, 5.41) is 3.05. The number of sulfonamides is 1. The number of nitrogens with one attached hydrogen (secondary N) is 1. The minimum Gasteiger partial charge on any atom is -0.342 e. The van der Waals surface area contributed by atoms with E-state index in [1.807, 2.05) is 31.5 Å². The Morgan fingerprint density at radius 3 is 2.35 bits per heavy atom. The van der Waals surface area contributed by atoms with E-state index in [-0.39, 0.29) is 35.6 Å². The van der Waals surface area contributed by atoms with Crippen molar-refractivity contribution < 1.29 is 17.6 Å². The number of halogens is 1. The number of aryl methyl sites for hydroxylation is 3. The van der Waals surface area contributed by atoms with Gasteiger partial charge in [0, 0.05) is 38.4 Å². The average molecular weight is 485 g/mol. The van der Waals surface area contributed by atoms with Crippen LogP contribution in [0.3, 0.4) is 0 Å². The molecule has 0 spiro atoms. The van der Waals surface area contributed by atoms with Crippen LogP contribution in [0.4, 0.5) is 4.39 Å². The van der Waals surface area contributed by atoms with Crippen LogP contribution < -0.4 is 5.32 Å². The van der Waals surface area contributed by atoms with Crippen molar-refractivity contribution in [1.82, 2.24) is 19.2 Å². The number of carbonyl (C=O) groups excluding carboxylic acids is 1. The molecule has 0 radical (unpaired) electrons. The Balaban J connectivity index is 1.46. The van der Waals surface area contributed by atoms with Gasteiger partial charge in [-0.1, -0.05) is 18.2 Å². The molecule has 1 amide bonds. The number of nitrogens with zero attached hydrogens (tertiary/aromatic N) is 3. The van der Waals surface area contributed by atoms with E-state index in [4.69, 9.17) is 0 Å². The Morgan fingerprint density at radius 2 is 1.76 bits per heavy atom. The number of benzene rings is 2. The van der Waals surface area contributed by atoms with E-state index >= 15 is 0 Å². The predicted molar refractivity (Wildman–Crippen MR) is 127 cm³/mol. The van der Waals surface area contributed by atoms with Gasteiger partial charge < -0.3 is 9.88 Å². The fourth-order valence-corrected chi connectivity index (χ4v) is 5.80. The minimum atomic E-state index is -3.61. The fourth-order valence-electron chi connectivity index (χ4n) is 4.25. The summed E-state index contributed by atoms with van der Waals surface area (Å²) in [4.78, 5) is 17.8. The van der Waals surface area contributed by atoms with Crippen LogP contribution in [-0.4, -0.2) is 41.3 Å². The second kappa shape index (κ2) is 9.68. The van der Waals surface area contributed by atoms with E-state index in [0.29, 0.717) is 18.7 Å². The van der Waals surface area contributed by atoms with Crippen LogP contribution in [-0.2, 0) is 21.9 Å². The van der Waals surface area contributed by atoms with Gasteiger partial charge in [-0.25, -0.2) is 17.8 Å². The third-order valence-corrected chi connectivity index (χ3v) is 8.44. The quantitative estimate of drug-likeness (QED) is 0.581. The highest BCUT2D eigenvalue weighted by molar-refractivity contribution is 7.89. The summed E-state index contributed by atoms with van der Waals surface area (Å²) in [6.07, 6.45) is 4.28. The lowest BCUT2D eigenvalue weighted by atomic mass is 9.96. The highest BCUT2D eigenvalue weighted by Gasteiger charge is 2.33. The molecule has 1 aliphatic rings. The highest BCUT2D eigenvalue weighted by atomic mass is 32.2. The van der Waals surface area contributed by atoms with Crippen LogP contribution in [0, 0.1) is 25.6 Å². The Labute approximate surface area is 199 Å². The zero-order valence-corrected chi connectivity index (χ0v) is 20.3. The van der Waals surface area contributed by atoms with Crippen molar-refractivity contribution in [3.8, 4) is 0 Å². The van der Waals surface area contributed by atoms with Crippen molar-refractivity contribution in [3.63, 3.8) is 0 Å². The molecule has 3 aromatic rings. The van der Waals surface area contributed by atoms with Gasteiger partial charge in [0.05, 0.1) is 4.90 Å². The highest BCUT2D eigenvalue weighted by Crippen LogP contribution is 2.27. The first-order valence-electron chi connectivity index (χ1n) is 11.3. The SMILES string of the molecule is Cc1ccc(S(=O)(=O)N2CCC(C(=O)N[C@@H](c3ccc(F)cc3)c3nccn3C)CC2)cc1C.